The fourth-order valence-electron chi connectivity index (χ4n) is 1.75. The van der Waals surface area contributed by atoms with Crippen molar-refractivity contribution in [3.63, 3.8) is 0 Å². The van der Waals surface area contributed by atoms with Gasteiger partial charge in [-0.3, -0.25) is 0 Å². The van der Waals surface area contributed by atoms with E-state index in [1.807, 2.05) is 13.0 Å². The van der Waals surface area contributed by atoms with Crippen LogP contribution >= 0.6 is 34.8 Å². The molecule has 0 bridgehead atoms. The first kappa shape index (κ1) is 13.7. The van der Waals surface area contributed by atoms with Gasteiger partial charge in [0.15, 0.2) is 0 Å². The number of hydrogen-bond acceptors (Lipinski definition) is 1. The van der Waals surface area contributed by atoms with Gasteiger partial charge in [0.25, 0.3) is 0 Å². The number of rotatable bonds is 2. The fourth-order valence-corrected chi connectivity index (χ4v) is 2.50. The second-order valence-corrected chi connectivity index (χ2v) is 5.26. The molecule has 0 aliphatic carbocycles. The number of aliphatic hydroxyl groups excluding tert-OH is 1. The van der Waals surface area contributed by atoms with Gasteiger partial charge in [0.2, 0.25) is 0 Å². The van der Waals surface area contributed by atoms with E-state index in [0.29, 0.717) is 26.2 Å². The third-order valence-electron chi connectivity index (χ3n) is 2.73. The molecule has 1 nitrogen and oxygen atoms in total. The molecule has 1 N–H and O–H groups in total. The first-order valence-electron chi connectivity index (χ1n) is 5.38. The summed E-state index contributed by atoms with van der Waals surface area (Å²) in [7, 11) is 0. The van der Waals surface area contributed by atoms with Crippen LogP contribution in [0.3, 0.4) is 0 Å². The lowest BCUT2D eigenvalue weighted by molar-refractivity contribution is 0.220. The molecule has 94 valence electrons. The monoisotopic (exact) mass is 300 g/mol. The summed E-state index contributed by atoms with van der Waals surface area (Å²) in [6.45, 7) is 1.94. The van der Waals surface area contributed by atoms with Gasteiger partial charge in [-0.2, -0.15) is 0 Å². The Morgan fingerprint density at radius 3 is 2.33 bits per heavy atom. The van der Waals surface area contributed by atoms with E-state index in [-0.39, 0.29) is 0 Å². The Morgan fingerprint density at radius 2 is 1.67 bits per heavy atom. The summed E-state index contributed by atoms with van der Waals surface area (Å²) in [5, 5.41) is 11.6. The second kappa shape index (κ2) is 5.50. The smallest absolute Gasteiger partial charge is 0.107 e. The number of benzene rings is 2. The van der Waals surface area contributed by atoms with Crippen LogP contribution in [0.15, 0.2) is 36.4 Å². The van der Waals surface area contributed by atoms with Crippen molar-refractivity contribution in [3.8, 4) is 0 Å². The molecule has 0 radical (unpaired) electrons. The lowest BCUT2D eigenvalue weighted by atomic mass is 10.0. The summed E-state index contributed by atoms with van der Waals surface area (Å²) >= 11 is 18.2. The summed E-state index contributed by atoms with van der Waals surface area (Å²) in [4.78, 5) is 0. The van der Waals surface area contributed by atoms with Gasteiger partial charge in [-0.1, -0.05) is 59.1 Å². The molecule has 0 aromatic heterocycles. The minimum atomic E-state index is -0.885. The summed E-state index contributed by atoms with van der Waals surface area (Å²) < 4.78 is 0. The molecule has 0 spiro atoms. The third kappa shape index (κ3) is 2.65. The zero-order valence-corrected chi connectivity index (χ0v) is 11.9. The highest BCUT2D eigenvalue weighted by Crippen LogP contribution is 2.35. The first-order valence-corrected chi connectivity index (χ1v) is 6.52. The molecule has 1 unspecified atom stereocenters. The van der Waals surface area contributed by atoms with Crippen molar-refractivity contribution in [2.45, 2.75) is 13.0 Å². The van der Waals surface area contributed by atoms with Crippen LogP contribution in [-0.2, 0) is 0 Å². The average molecular weight is 302 g/mol. The topological polar surface area (TPSA) is 20.2 Å². The van der Waals surface area contributed by atoms with Gasteiger partial charge in [0.1, 0.15) is 6.10 Å². The molecule has 2 rings (SSSR count). The standard InChI is InChI=1S/C14H11Cl3O/c1-8-5-6-9(12(16)7-8)14(18)10-3-2-4-11(15)13(10)17/h2-7,14,18H,1H3. The SMILES string of the molecule is Cc1ccc(C(O)c2cccc(Cl)c2Cl)c(Cl)c1. The van der Waals surface area contributed by atoms with Crippen LogP contribution in [0.5, 0.6) is 0 Å². The van der Waals surface area contributed by atoms with Gasteiger partial charge in [-0.15, -0.1) is 0 Å². The Bertz CT molecular complexity index is 581. The minimum absolute atomic E-state index is 0.350. The van der Waals surface area contributed by atoms with Crippen molar-refractivity contribution in [1.29, 1.82) is 0 Å². The van der Waals surface area contributed by atoms with Gasteiger partial charge in [-0.25, -0.2) is 0 Å². The van der Waals surface area contributed by atoms with E-state index in [0.717, 1.165) is 5.56 Å². The zero-order valence-electron chi connectivity index (χ0n) is 9.62. The van der Waals surface area contributed by atoms with Crippen molar-refractivity contribution < 1.29 is 5.11 Å². The van der Waals surface area contributed by atoms with E-state index >= 15 is 0 Å². The molecule has 2 aromatic rings. The molecule has 0 amide bonds. The molecule has 0 heterocycles. The molecule has 18 heavy (non-hydrogen) atoms. The second-order valence-electron chi connectivity index (χ2n) is 4.07. The molecule has 4 heteroatoms. The van der Waals surface area contributed by atoms with Crippen molar-refractivity contribution in [3.05, 3.63) is 68.2 Å². The average Bonchev–Trinajstić information content (AvgIpc) is 2.32. The maximum atomic E-state index is 10.3. The summed E-state index contributed by atoms with van der Waals surface area (Å²) in [6.07, 6.45) is -0.885. The number of halogens is 3. The van der Waals surface area contributed by atoms with E-state index in [9.17, 15) is 5.11 Å². The summed E-state index contributed by atoms with van der Waals surface area (Å²) in [5.41, 5.74) is 2.20. The highest BCUT2D eigenvalue weighted by atomic mass is 35.5. The van der Waals surface area contributed by atoms with Crippen LogP contribution in [0.1, 0.15) is 22.8 Å². The van der Waals surface area contributed by atoms with Crippen molar-refractivity contribution in [1.82, 2.24) is 0 Å². The van der Waals surface area contributed by atoms with Crippen molar-refractivity contribution in [2.24, 2.45) is 0 Å². The Kier molecular flexibility index (Phi) is 4.18. The van der Waals surface area contributed by atoms with Gasteiger partial charge >= 0.3 is 0 Å². The first-order chi connectivity index (χ1) is 8.50. The van der Waals surface area contributed by atoms with Crippen LogP contribution in [0, 0.1) is 6.92 Å². The quantitative estimate of drug-likeness (QED) is 0.824. The van der Waals surface area contributed by atoms with Crippen LogP contribution < -0.4 is 0 Å². The van der Waals surface area contributed by atoms with Gasteiger partial charge in [0.05, 0.1) is 10.0 Å². The summed E-state index contributed by atoms with van der Waals surface area (Å²) in [6, 6.07) is 10.6. The van der Waals surface area contributed by atoms with Gasteiger partial charge in [0, 0.05) is 16.1 Å². The maximum Gasteiger partial charge on any atom is 0.107 e. The van der Waals surface area contributed by atoms with E-state index in [2.05, 4.69) is 0 Å². The molecule has 0 saturated carbocycles. The van der Waals surface area contributed by atoms with E-state index in [1.165, 1.54) is 0 Å². The molecule has 0 fully saturated rings. The molecular formula is C14H11Cl3O. The highest BCUT2D eigenvalue weighted by Gasteiger charge is 2.17. The zero-order chi connectivity index (χ0) is 13.3. The Hall–Kier alpha value is -0.730. The molecule has 0 aliphatic heterocycles. The lowest BCUT2D eigenvalue weighted by Crippen LogP contribution is -2.01. The predicted octanol–water partition coefficient (Wildman–Crippen LogP) is 5.04. The molecular weight excluding hydrogens is 291 g/mol. The molecule has 1 atom stereocenters. The third-order valence-corrected chi connectivity index (χ3v) is 3.89. The Labute approximate surface area is 121 Å². The van der Waals surface area contributed by atoms with Crippen molar-refractivity contribution in [2.75, 3.05) is 0 Å². The lowest BCUT2D eigenvalue weighted by Gasteiger charge is -2.15. The molecule has 0 aliphatic rings. The van der Waals surface area contributed by atoms with Gasteiger partial charge in [-0.05, 0) is 24.6 Å². The van der Waals surface area contributed by atoms with E-state index < -0.39 is 6.10 Å². The Balaban J connectivity index is 2.48. The Morgan fingerprint density at radius 1 is 0.944 bits per heavy atom. The van der Waals surface area contributed by atoms with E-state index in [4.69, 9.17) is 34.8 Å². The van der Waals surface area contributed by atoms with Gasteiger partial charge < -0.3 is 5.11 Å². The number of hydrogen-bond donors (Lipinski definition) is 1. The number of aryl methyl sites for hydroxylation is 1. The molecule has 2 aromatic carbocycles. The maximum absolute atomic E-state index is 10.3. The van der Waals surface area contributed by atoms with E-state index in [1.54, 1.807) is 30.3 Å². The fraction of sp³-hybridized carbons (Fsp3) is 0.143. The summed E-state index contributed by atoms with van der Waals surface area (Å²) in [5.74, 6) is 0. The largest absolute Gasteiger partial charge is 0.384 e. The highest BCUT2D eigenvalue weighted by molar-refractivity contribution is 6.42. The van der Waals surface area contributed by atoms with Crippen LogP contribution in [0.2, 0.25) is 15.1 Å². The molecule has 0 saturated heterocycles. The predicted molar refractivity (Wildman–Crippen MR) is 76.7 cm³/mol. The van der Waals surface area contributed by atoms with Crippen molar-refractivity contribution >= 4 is 34.8 Å². The minimum Gasteiger partial charge on any atom is -0.384 e. The van der Waals surface area contributed by atoms with Crippen LogP contribution in [0.25, 0.3) is 0 Å². The normalized spacial score (nSPS) is 12.5. The number of aliphatic hydroxyl groups is 1. The van der Waals surface area contributed by atoms with Crippen LogP contribution in [0.4, 0.5) is 0 Å². The van der Waals surface area contributed by atoms with Crippen LogP contribution in [-0.4, -0.2) is 5.11 Å².